The molecule has 112 valence electrons. The molecule has 0 aliphatic heterocycles. The molecule has 0 fully saturated rings. The number of rotatable bonds is 3. The van der Waals surface area contributed by atoms with Gasteiger partial charge in [0.2, 0.25) is 0 Å². The van der Waals surface area contributed by atoms with Crippen LogP contribution < -0.4 is 10.4 Å². The molecule has 3 heteroatoms. The van der Waals surface area contributed by atoms with Gasteiger partial charge in [-0.2, -0.15) is 0 Å². The van der Waals surface area contributed by atoms with Crippen molar-refractivity contribution < 1.29 is 9.15 Å². The molecule has 1 aliphatic rings. The summed E-state index contributed by atoms with van der Waals surface area (Å²) in [5, 5.41) is 1.09. The molecule has 0 radical (unpaired) electrons. The number of ether oxygens (including phenoxy) is 1. The van der Waals surface area contributed by atoms with Gasteiger partial charge in [-0.05, 0) is 63.1 Å². The Hall–Kier alpha value is -1.77. The lowest BCUT2D eigenvalue weighted by atomic mass is 9.90. The van der Waals surface area contributed by atoms with E-state index in [2.05, 4.69) is 13.0 Å². The zero-order valence-corrected chi connectivity index (χ0v) is 13.0. The van der Waals surface area contributed by atoms with Crippen molar-refractivity contribution in [1.82, 2.24) is 0 Å². The van der Waals surface area contributed by atoms with Crippen LogP contribution in [0.1, 0.15) is 50.3 Å². The first-order valence-electron chi connectivity index (χ1n) is 7.88. The molecule has 2 aromatic rings. The van der Waals surface area contributed by atoms with Crippen LogP contribution >= 0.6 is 0 Å². The summed E-state index contributed by atoms with van der Waals surface area (Å²) in [4.78, 5) is 12.2. The van der Waals surface area contributed by atoms with E-state index in [1.165, 1.54) is 11.1 Å². The average Bonchev–Trinajstić information content (AvgIpc) is 2.46. The van der Waals surface area contributed by atoms with Gasteiger partial charge in [0.25, 0.3) is 0 Å². The van der Waals surface area contributed by atoms with Gasteiger partial charge in [-0.15, -0.1) is 0 Å². The predicted molar refractivity (Wildman–Crippen MR) is 84.3 cm³/mol. The quantitative estimate of drug-likeness (QED) is 0.800. The van der Waals surface area contributed by atoms with E-state index in [9.17, 15) is 4.79 Å². The van der Waals surface area contributed by atoms with E-state index in [0.717, 1.165) is 48.8 Å². The van der Waals surface area contributed by atoms with E-state index in [4.69, 9.17) is 9.15 Å². The average molecular weight is 286 g/mol. The lowest BCUT2D eigenvalue weighted by Gasteiger charge is -2.19. The molecule has 0 saturated heterocycles. The second-order valence-corrected chi connectivity index (χ2v) is 6.03. The number of aryl methyl sites for hydroxylation is 2. The highest BCUT2D eigenvalue weighted by Crippen LogP contribution is 2.32. The Balaban J connectivity index is 2.25. The summed E-state index contributed by atoms with van der Waals surface area (Å²) >= 11 is 0. The van der Waals surface area contributed by atoms with Crippen LogP contribution in [0.2, 0.25) is 0 Å². The van der Waals surface area contributed by atoms with Gasteiger partial charge in [-0.25, -0.2) is 4.79 Å². The van der Waals surface area contributed by atoms with E-state index >= 15 is 0 Å². The number of hydrogen-bond donors (Lipinski definition) is 0. The topological polar surface area (TPSA) is 39.4 Å². The van der Waals surface area contributed by atoms with Gasteiger partial charge in [0, 0.05) is 17.0 Å². The third kappa shape index (κ3) is 2.57. The summed E-state index contributed by atoms with van der Waals surface area (Å²) in [5.41, 5.74) is 3.75. The molecule has 0 saturated carbocycles. The Bertz CT molecular complexity index is 725. The summed E-state index contributed by atoms with van der Waals surface area (Å²) in [6.07, 6.45) is 5.07. The number of benzene rings is 1. The van der Waals surface area contributed by atoms with Crippen molar-refractivity contribution in [2.24, 2.45) is 0 Å². The molecule has 1 aliphatic carbocycles. The monoisotopic (exact) mass is 286 g/mol. The van der Waals surface area contributed by atoms with Crippen LogP contribution in [0, 0.1) is 0 Å². The summed E-state index contributed by atoms with van der Waals surface area (Å²) in [7, 11) is 0. The van der Waals surface area contributed by atoms with Gasteiger partial charge in [0.15, 0.2) is 0 Å². The van der Waals surface area contributed by atoms with Crippen LogP contribution in [0.15, 0.2) is 21.3 Å². The molecule has 3 nitrogen and oxygen atoms in total. The third-order valence-corrected chi connectivity index (χ3v) is 4.15. The van der Waals surface area contributed by atoms with E-state index in [0.29, 0.717) is 5.58 Å². The van der Waals surface area contributed by atoms with Crippen molar-refractivity contribution in [2.45, 2.75) is 59.0 Å². The molecule has 1 aromatic carbocycles. The largest absolute Gasteiger partial charge is 0.491 e. The minimum Gasteiger partial charge on any atom is -0.491 e. The summed E-state index contributed by atoms with van der Waals surface area (Å²) in [5.74, 6) is 0.832. The maximum absolute atomic E-state index is 12.2. The fourth-order valence-electron chi connectivity index (χ4n) is 3.16. The molecule has 0 unspecified atom stereocenters. The van der Waals surface area contributed by atoms with Gasteiger partial charge in [0.1, 0.15) is 11.3 Å². The second kappa shape index (κ2) is 5.55. The highest BCUT2D eigenvalue weighted by Gasteiger charge is 2.19. The zero-order valence-electron chi connectivity index (χ0n) is 13.0. The lowest BCUT2D eigenvalue weighted by molar-refractivity contribution is 0.240. The van der Waals surface area contributed by atoms with E-state index in [-0.39, 0.29) is 11.7 Å². The van der Waals surface area contributed by atoms with Crippen LogP contribution in [0.5, 0.6) is 5.75 Å². The van der Waals surface area contributed by atoms with Crippen LogP contribution in [0.4, 0.5) is 0 Å². The Morgan fingerprint density at radius 1 is 1.19 bits per heavy atom. The third-order valence-electron chi connectivity index (χ3n) is 4.15. The van der Waals surface area contributed by atoms with Gasteiger partial charge >= 0.3 is 5.63 Å². The maximum atomic E-state index is 12.2. The fourth-order valence-corrected chi connectivity index (χ4v) is 3.16. The molecule has 1 aromatic heterocycles. The Morgan fingerprint density at radius 2 is 1.90 bits per heavy atom. The van der Waals surface area contributed by atoms with E-state index in [1.807, 2.05) is 19.9 Å². The van der Waals surface area contributed by atoms with Crippen molar-refractivity contribution in [2.75, 3.05) is 0 Å². The molecule has 0 atom stereocenters. The van der Waals surface area contributed by atoms with Crippen molar-refractivity contribution in [3.05, 3.63) is 39.2 Å². The molecule has 0 bridgehead atoms. The first kappa shape index (κ1) is 14.2. The molecular weight excluding hydrogens is 264 g/mol. The van der Waals surface area contributed by atoms with Crippen LogP contribution in [0.25, 0.3) is 11.0 Å². The van der Waals surface area contributed by atoms with Gasteiger partial charge in [-0.1, -0.05) is 6.92 Å². The zero-order chi connectivity index (χ0) is 15.0. The number of hydrogen-bond acceptors (Lipinski definition) is 3. The molecule has 0 N–H and O–H groups in total. The summed E-state index contributed by atoms with van der Waals surface area (Å²) in [6, 6.07) is 4.05. The maximum Gasteiger partial charge on any atom is 0.339 e. The van der Waals surface area contributed by atoms with E-state index in [1.54, 1.807) is 0 Å². The van der Waals surface area contributed by atoms with Crippen LogP contribution in [-0.4, -0.2) is 6.10 Å². The molecular formula is C18H22O3. The first-order chi connectivity index (χ1) is 10.1. The van der Waals surface area contributed by atoms with Gasteiger partial charge < -0.3 is 9.15 Å². The minimum absolute atomic E-state index is 0.108. The van der Waals surface area contributed by atoms with Crippen molar-refractivity contribution in [3.8, 4) is 5.75 Å². The molecule has 21 heavy (non-hydrogen) atoms. The predicted octanol–water partition coefficient (Wildman–Crippen LogP) is 4.02. The minimum atomic E-state index is -0.169. The van der Waals surface area contributed by atoms with Crippen LogP contribution in [0.3, 0.4) is 0 Å². The molecule has 1 heterocycles. The molecule has 0 spiro atoms. The first-order valence-corrected chi connectivity index (χ1v) is 7.88. The van der Waals surface area contributed by atoms with Crippen LogP contribution in [-0.2, 0) is 19.3 Å². The van der Waals surface area contributed by atoms with Gasteiger partial charge in [-0.3, -0.25) is 0 Å². The Kier molecular flexibility index (Phi) is 3.75. The van der Waals surface area contributed by atoms with Gasteiger partial charge in [0.05, 0.1) is 6.10 Å². The summed E-state index contributed by atoms with van der Waals surface area (Å²) in [6.45, 7) is 6.14. The second-order valence-electron chi connectivity index (χ2n) is 6.03. The van der Waals surface area contributed by atoms with Crippen molar-refractivity contribution >= 4 is 11.0 Å². The Morgan fingerprint density at radius 3 is 2.57 bits per heavy atom. The van der Waals surface area contributed by atoms with Crippen molar-refractivity contribution in [3.63, 3.8) is 0 Å². The smallest absolute Gasteiger partial charge is 0.339 e. The van der Waals surface area contributed by atoms with Crippen molar-refractivity contribution in [1.29, 1.82) is 0 Å². The lowest BCUT2D eigenvalue weighted by Crippen LogP contribution is -2.16. The number of fused-ring (bicyclic) bond motifs is 3. The standard InChI is InChI=1S/C18H22O3/c1-4-12-9-15-13-7-5-6-8-14(13)18(19)21-17(15)10-16(12)20-11(2)3/h9-11H,4-8H2,1-3H3. The normalized spacial score (nSPS) is 14.5. The fraction of sp³-hybridized carbons (Fsp3) is 0.500. The molecule has 0 amide bonds. The summed E-state index contributed by atoms with van der Waals surface area (Å²) < 4.78 is 11.4. The molecule has 3 rings (SSSR count). The SMILES string of the molecule is CCc1cc2c3c(c(=O)oc2cc1OC(C)C)CCCC3. The highest BCUT2D eigenvalue weighted by atomic mass is 16.5. The Labute approximate surface area is 124 Å². The van der Waals surface area contributed by atoms with E-state index < -0.39 is 0 Å². The highest BCUT2D eigenvalue weighted by molar-refractivity contribution is 5.84.